The Balaban J connectivity index is 1.87. The number of amides is 3. The number of aromatic hydroxyl groups is 1. The van der Waals surface area contributed by atoms with E-state index in [0.717, 1.165) is 11.1 Å². The molecular formula is C32H45N9O6. The van der Waals surface area contributed by atoms with Crippen molar-refractivity contribution in [1.29, 1.82) is 5.41 Å². The molecule has 0 saturated carbocycles. The molecule has 3 rings (SSSR count). The van der Waals surface area contributed by atoms with Gasteiger partial charge in [-0.1, -0.05) is 35.5 Å². The highest BCUT2D eigenvalue weighted by Gasteiger charge is 2.30. The predicted molar refractivity (Wildman–Crippen MR) is 175 cm³/mol. The minimum Gasteiger partial charge on any atom is -0.508 e. The zero-order valence-corrected chi connectivity index (χ0v) is 26.7. The van der Waals surface area contributed by atoms with Gasteiger partial charge in [-0.2, -0.15) is 4.98 Å². The van der Waals surface area contributed by atoms with Crippen LogP contribution in [0.15, 0.2) is 47.0 Å². The van der Waals surface area contributed by atoms with Gasteiger partial charge in [-0.15, -0.1) is 0 Å². The van der Waals surface area contributed by atoms with E-state index in [-0.39, 0.29) is 37.0 Å². The summed E-state index contributed by atoms with van der Waals surface area (Å²) in [6.45, 7) is 4.29. The maximum absolute atomic E-state index is 14.0. The van der Waals surface area contributed by atoms with Gasteiger partial charge in [-0.3, -0.25) is 15.0 Å². The molecule has 0 aliphatic rings. The zero-order valence-electron chi connectivity index (χ0n) is 26.7. The van der Waals surface area contributed by atoms with Crippen molar-refractivity contribution in [2.45, 2.75) is 76.9 Å². The van der Waals surface area contributed by atoms with E-state index in [2.05, 4.69) is 31.4 Å². The average Bonchev–Trinajstić information content (AvgIpc) is 3.47. The number of nitrogens with one attached hydrogen (secondary N) is 5. The van der Waals surface area contributed by atoms with Gasteiger partial charge in [0.15, 0.2) is 11.8 Å². The lowest BCUT2D eigenvalue weighted by molar-refractivity contribution is -0.130. The van der Waals surface area contributed by atoms with E-state index in [1.54, 1.807) is 26.0 Å². The number of rotatable bonds is 18. The Hall–Kier alpha value is -5.18. The van der Waals surface area contributed by atoms with Gasteiger partial charge in [0.25, 0.3) is 0 Å². The van der Waals surface area contributed by atoms with Crippen molar-refractivity contribution < 1.29 is 29.1 Å². The molecule has 0 radical (unpaired) electrons. The summed E-state index contributed by atoms with van der Waals surface area (Å²) in [6.07, 6.45) is 1.29. The topological polar surface area (TPSA) is 255 Å². The molecule has 0 aliphatic carbocycles. The third-order valence-electron chi connectivity index (χ3n) is 7.57. The van der Waals surface area contributed by atoms with Crippen LogP contribution in [0.3, 0.4) is 0 Å². The minimum atomic E-state index is -1.40. The number of carbonyl (C=O) groups is 3. The van der Waals surface area contributed by atoms with Crippen molar-refractivity contribution in [3.63, 3.8) is 0 Å². The summed E-state index contributed by atoms with van der Waals surface area (Å²) in [5, 5.41) is 41.4. The second-order valence-corrected chi connectivity index (χ2v) is 11.4. The summed E-state index contributed by atoms with van der Waals surface area (Å²) >= 11 is 0. The summed E-state index contributed by atoms with van der Waals surface area (Å²) in [7, 11) is 0. The first-order valence-corrected chi connectivity index (χ1v) is 15.5. The second-order valence-electron chi connectivity index (χ2n) is 11.4. The number of hydrogen-bond donors (Lipinski definition) is 9. The molecule has 3 amide bonds. The smallest absolute Gasteiger partial charge is 0.405 e. The SMILES string of the molecule is Cc1cc(O)cc(C)c1CC(NC(=O)C(CCCNC(=N)N)NC(=O)O)C(=O)NC(CCCCN)c1nc(Cc2ccccc2)no1. The molecule has 3 unspecified atom stereocenters. The van der Waals surface area contributed by atoms with Crippen molar-refractivity contribution in [2.24, 2.45) is 11.5 Å². The molecule has 0 saturated heterocycles. The average molecular weight is 652 g/mol. The Morgan fingerprint density at radius 2 is 1.64 bits per heavy atom. The Morgan fingerprint density at radius 3 is 2.28 bits per heavy atom. The summed E-state index contributed by atoms with van der Waals surface area (Å²) in [5.74, 6) is -0.757. The van der Waals surface area contributed by atoms with Crippen LogP contribution in [0.5, 0.6) is 5.75 Å². The summed E-state index contributed by atoms with van der Waals surface area (Å²) in [4.78, 5) is 43.6. The Labute approximate surface area is 273 Å². The van der Waals surface area contributed by atoms with Gasteiger partial charge < -0.3 is 47.5 Å². The number of carboxylic acid groups (broad SMARTS) is 1. The van der Waals surface area contributed by atoms with E-state index in [4.69, 9.17) is 21.4 Å². The molecule has 1 aromatic heterocycles. The van der Waals surface area contributed by atoms with E-state index in [9.17, 15) is 24.6 Å². The van der Waals surface area contributed by atoms with Crippen molar-refractivity contribution in [3.05, 3.63) is 76.4 Å². The molecule has 0 fully saturated rings. The molecule has 11 N–H and O–H groups in total. The maximum Gasteiger partial charge on any atom is 0.405 e. The van der Waals surface area contributed by atoms with Gasteiger partial charge in [-0.25, -0.2) is 4.79 Å². The molecule has 0 bridgehead atoms. The van der Waals surface area contributed by atoms with E-state index in [0.29, 0.717) is 55.6 Å². The quantitative estimate of drug-likeness (QED) is 0.0545. The van der Waals surface area contributed by atoms with Crippen molar-refractivity contribution in [3.8, 4) is 5.75 Å². The largest absolute Gasteiger partial charge is 0.508 e. The van der Waals surface area contributed by atoms with Gasteiger partial charge in [-0.05, 0) is 86.9 Å². The zero-order chi connectivity index (χ0) is 34.3. The fraction of sp³-hybridized carbons (Fsp3) is 0.438. The summed E-state index contributed by atoms with van der Waals surface area (Å²) in [5.41, 5.74) is 14.2. The van der Waals surface area contributed by atoms with Crippen LogP contribution in [0.1, 0.15) is 72.1 Å². The van der Waals surface area contributed by atoms with Crippen LogP contribution in [0.2, 0.25) is 0 Å². The number of nitrogens with two attached hydrogens (primary N) is 2. The second kappa shape index (κ2) is 18.1. The highest BCUT2D eigenvalue weighted by Crippen LogP contribution is 2.24. The molecule has 15 heteroatoms. The molecule has 254 valence electrons. The summed E-state index contributed by atoms with van der Waals surface area (Å²) in [6, 6.07) is 9.77. The fourth-order valence-corrected chi connectivity index (χ4v) is 5.21. The summed E-state index contributed by atoms with van der Waals surface area (Å²) < 4.78 is 5.59. The van der Waals surface area contributed by atoms with E-state index in [1.165, 1.54) is 0 Å². The van der Waals surface area contributed by atoms with Crippen molar-refractivity contribution in [2.75, 3.05) is 13.1 Å². The van der Waals surface area contributed by atoms with E-state index < -0.39 is 36.0 Å². The van der Waals surface area contributed by atoms with Crippen molar-refractivity contribution >= 4 is 23.9 Å². The van der Waals surface area contributed by atoms with E-state index >= 15 is 0 Å². The minimum absolute atomic E-state index is 0.0554. The third kappa shape index (κ3) is 11.9. The number of nitrogens with zero attached hydrogens (tertiary/aromatic N) is 2. The molecule has 15 nitrogen and oxygen atoms in total. The standard InChI is InChI=1S/C32H45N9O6/c1-19-15-22(42)16-20(2)23(19)18-26(38-28(43)24(39-32(45)46)12-8-14-36-31(34)35)29(44)37-25(11-6-7-13-33)30-40-27(41-47-30)17-21-9-4-3-5-10-21/h3-5,9-10,15-16,24-26,39,42H,6-8,11-14,17-18,33H2,1-2H3,(H,37,44)(H,38,43)(H,45,46)(H4,34,35,36). The van der Waals surface area contributed by atoms with Gasteiger partial charge in [0.05, 0.1) is 0 Å². The Morgan fingerprint density at radius 1 is 0.957 bits per heavy atom. The van der Waals surface area contributed by atoms with Crippen LogP contribution in [-0.2, 0) is 22.4 Å². The molecular weight excluding hydrogens is 606 g/mol. The third-order valence-corrected chi connectivity index (χ3v) is 7.57. The van der Waals surface area contributed by atoms with Gasteiger partial charge in [0, 0.05) is 19.4 Å². The van der Waals surface area contributed by atoms with Gasteiger partial charge in [0.1, 0.15) is 23.9 Å². The molecule has 3 atom stereocenters. The molecule has 3 aromatic rings. The molecule has 1 heterocycles. The van der Waals surface area contributed by atoms with Crippen LogP contribution >= 0.6 is 0 Å². The van der Waals surface area contributed by atoms with Crippen LogP contribution < -0.4 is 32.7 Å². The fourth-order valence-electron chi connectivity index (χ4n) is 5.21. The maximum atomic E-state index is 14.0. The monoisotopic (exact) mass is 651 g/mol. The Bertz CT molecular complexity index is 1470. The van der Waals surface area contributed by atoms with Crippen LogP contribution in [0.25, 0.3) is 0 Å². The number of carbonyl (C=O) groups excluding carboxylic acids is 2. The highest BCUT2D eigenvalue weighted by atomic mass is 16.5. The predicted octanol–water partition coefficient (Wildman–Crippen LogP) is 1.90. The normalized spacial score (nSPS) is 12.8. The molecule has 2 aromatic carbocycles. The van der Waals surface area contributed by atoms with Crippen LogP contribution in [0.4, 0.5) is 4.79 Å². The van der Waals surface area contributed by atoms with Crippen LogP contribution in [0, 0.1) is 19.3 Å². The number of aromatic nitrogens is 2. The van der Waals surface area contributed by atoms with E-state index in [1.807, 2.05) is 30.3 Å². The molecule has 47 heavy (non-hydrogen) atoms. The Kier molecular flexibility index (Phi) is 14.0. The van der Waals surface area contributed by atoms with Crippen molar-refractivity contribution in [1.82, 2.24) is 31.4 Å². The van der Waals surface area contributed by atoms with Crippen LogP contribution in [-0.4, -0.2) is 69.4 Å². The number of aryl methyl sites for hydroxylation is 2. The molecule has 0 spiro atoms. The number of hydrogen-bond acceptors (Lipinski definition) is 9. The first kappa shape index (κ1) is 36.3. The lowest BCUT2D eigenvalue weighted by atomic mass is 9.95. The number of unbranched alkanes of at least 4 members (excludes halogenated alkanes) is 1. The molecule has 0 aliphatic heterocycles. The number of phenols is 1. The number of guanidine groups is 1. The van der Waals surface area contributed by atoms with Gasteiger partial charge >= 0.3 is 6.09 Å². The lowest BCUT2D eigenvalue weighted by Crippen LogP contribution is -2.55. The lowest BCUT2D eigenvalue weighted by Gasteiger charge is -2.25. The number of phenolic OH excluding ortho intramolecular Hbond substituents is 1. The highest BCUT2D eigenvalue weighted by molar-refractivity contribution is 5.91. The first-order chi connectivity index (χ1) is 22.5. The first-order valence-electron chi connectivity index (χ1n) is 15.5. The number of benzene rings is 2. The van der Waals surface area contributed by atoms with Gasteiger partial charge in [0.2, 0.25) is 17.7 Å².